The molecule has 0 rings (SSSR count). The van der Waals surface area contributed by atoms with Gasteiger partial charge in [0, 0.05) is 25.2 Å². The second-order valence-corrected chi connectivity index (χ2v) is 4.82. The fraction of sp³-hybridized carbons (Fsp3) is 0.750. The quantitative estimate of drug-likeness (QED) is 0.643. The van der Waals surface area contributed by atoms with E-state index in [-0.39, 0.29) is 0 Å². The Labute approximate surface area is 98.3 Å². The second kappa shape index (κ2) is 7.41. The molecule has 2 N–H and O–H groups in total. The maximum Gasteiger partial charge on any atom is 0.328 e. The van der Waals surface area contributed by atoms with E-state index in [9.17, 15) is 4.79 Å². The largest absolute Gasteiger partial charge is 0.478 e. The summed E-state index contributed by atoms with van der Waals surface area (Å²) in [6.45, 7) is 7.74. The van der Waals surface area contributed by atoms with Crippen molar-refractivity contribution in [2.45, 2.75) is 26.8 Å². The minimum absolute atomic E-state index is 0.382. The Morgan fingerprint density at radius 3 is 2.38 bits per heavy atom. The number of hydrogen-bond donors (Lipinski definition) is 2. The highest BCUT2D eigenvalue weighted by atomic mass is 16.4. The number of likely N-dealkylation sites (N-methyl/N-ethyl adjacent to an activating group) is 1. The van der Waals surface area contributed by atoms with Crippen LogP contribution in [0.1, 0.15) is 20.8 Å². The van der Waals surface area contributed by atoms with Gasteiger partial charge in [-0.05, 0) is 26.9 Å². The van der Waals surface area contributed by atoms with Gasteiger partial charge in [-0.15, -0.1) is 0 Å². The van der Waals surface area contributed by atoms with E-state index in [0.717, 1.165) is 12.1 Å². The van der Waals surface area contributed by atoms with Crippen LogP contribution in [0.15, 0.2) is 11.6 Å². The third-order valence-electron chi connectivity index (χ3n) is 2.38. The SMILES string of the molecule is CC(=CC(=O)O)CNC(CN(C)C)C(C)C. The van der Waals surface area contributed by atoms with E-state index < -0.39 is 5.97 Å². The molecule has 0 saturated heterocycles. The summed E-state index contributed by atoms with van der Waals surface area (Å²) in [5.41, 5.74) is 0.844. The van der Waals surface area contributed by atoms with Gasteiger partial charge in [0.2, 0.25) is 0 Å². The average Bonchev–Trinajstić information content (AvgIpc) is 2.09. The lowest BCUT2D eigenvalue weighted by Gasteiger charge is -2.25. The Balaban J connectivity index is 4.16. The lowest BCUT2D eigenvalue weighted by Crippen LogP contribution is -2.42. The zero-order chi connectivity index (χ0) is 12.7. The Hall–Kier alpha value is -0.870. The van der Waals surface area contributed by atoms with Crippen molar-refractivity contribution in [1.82, 2.24) is 10.2 Å². The second-order valence-electron chi connectivity index (χ2n) is 4.82. The van der Waals surface area contributed by atoms with Crippen molar-refractivity contribution in [1.29, 1.82) is 0 Å². The normalized spacial score (nSPS) is 14.6. The number of nitrogens with zero attached hydrogens (tertiary/aromatic N) is 1. The summed E-state index contributed by atoms with van der Waals surface area (Å²) in [5, 5.41) is 12.0. The number of aliphatic carboxylic acids is 1. The molecule has 94 valence electrons. The lowest BCUT2D eigenvalue weighted by atomic mass is 10.0. The number of rotatable bonds is 7. The molecule has 1 unspecified atom stereocenters. The highest BCUT2D eigenvalue weighted by molar-refractivity contribution is 5.80. The highest BCUT2D eigenvalue weighted by Gasteiger charge is 2.13. The van der Waals surface area contributed by atoms with Gasteiger partial charge in [-0.3, -0.25) is 0 Å². The van der Waals surface area contributed by atoms with Crippen molar-refractivity contribution in [3.8, 4) is 0 Å². The highest BCUT2D eigenvalue weighted by Crippen LogP contribution is 2.03. The lowest BCUT2D eigenvalue weighted by molar-refractivity contribution is -0.131. The van der Waals surface area contributed by atoms with Crippen molar-refractivity contribution in [3.05, 3.63) is 11.6 Å². The van der Waals surface area contributed by atoms with Crippen molar-refractivity contribution in [2.75, 3.05) is 27.2 Å². The Morgan fingerprint density at radius 1 is 1.44 bits per heavy atom. The monoisotopic (exact) mass is 228 g/mol. The summed E-state index contributed by atoms with van der Waals surface area (Å²) >= 11 is 0. The van der Waals surface area contributed by atoms with E-state index in [0.29, 0.717) is 18.5 Å². The average molecular weight is 228 g/mol. The molecule has 4 heteroatoms. The third-order valence-corrected chi connectivity index (χ3v) is 2.38. The fourth-order valence-corrected chi connectivity index (χ4v) is 1.46. The van der Waals surface area contributed by atoms with Gasteiger partial charge in [-0.2, -0.15) is 0 Å². The number of carboxylic acid groups (broad SMARTS) is 1. The van der Waals surface area contributed by atoms with Crippen LogP contribution >= 0.6 is 0 Å². The van der Waals surface area contributed by atoms with E-state index >= 15 is 0 Å². The third kappa shape index (κ3) is 7.43. The van der Waals surface area contributed by atoms with Crippen molar-refractivity contribution >= 4 is 5.97 Å². The van der Waals surface area contributed by atoms with Crippen LogP contribution in [0.3, 0.4) is 0 Å². The van der Waals surface area contributed by atoms with Crippen LogP contribution in [-0.2, 0) is 4.79 Å². The molecule has 0 bridgehead atoms. The van der Waals surface area contributed by atoms with Crippen LogP contribution in [0, 0.1) is 5.92 Å². The fourth-order valence-electron chi connectivity index (χ4n) is 1.46. The molecule has 1 atom stereocenters. The molecule has 0 aromatic carbocycles. The number of carbonyl (C=O) groups is 1. The van der Waals surface area contributed by atoms with Crippen LogP contribution in [-0.4, -0.2) is 49.2 Å². The van der Waals surface area contributed by atoms with Crippen molar-refractivity contribution < 1.29 is 9.90 Å². The van der Waals surface area contributed by atoms with Gasteiger partial charge >= 0.3 is 5.97 Å². The van der Waals surface area contributed by atoms with Gasteiger partial charge in [0.15, 0.2) is 0 Å². The standard InChI is InChI=1S/C12H24N2O2/c1-9(2)11(8-14(4)5)13-7-10(3)6-12(15)16/h6,9,11,13H,7-8H2,1-5H3,(H,15,16). The first kappa shape index (κ1) is 15.1. The molecule has 0 spiro atoms. The van der Waals surface area contributed by atoms with Crippen molar-refractivity contribution in [3.63, 3.8) is 0 Å². The molecule has 0 aliphatic heterocycles. The molecular formula is C12H24N2O2. The summed E-state index contributed by atoms with van der Waals surface area (Å²) in [7, 11) is 4.08. The minimum atomic E-state index is -0.881. The minimum Gasteiger partial charge on any atom is -0.478 e. The Bertz CT molecular complexity index is 247. The first-order chi connectivity index (χ1) is 7.32. The van der Waals surface area contributed by atoms with Crippen LogP contribution in [0.25, 0.3) is 0 Å². The van der Waals surface area contributed by atoms with Gasteiger partial charge in [-0.1, -0.05) is 19.4 Å². The molecule has 0 heterocycles. The first-order valence-electron chi connectivity index (χ1n) is 5.61. The molecule has 0 aliphatic carbocycles. The molecule has 0 fully saturated rings. The van der Waals surface area contributed by atoms with Gasteiger partial charge < -0.3 is 15.3 Å². The van der Waals surface area contributed by atoms with Gasteiger partial charge in [0.25, 0.3) is 0 Å². The Kier molecular flexibility index (Phi) is 7.01. The molecule has 16 heavy (non-hydrogen) atoms. The van der Waals surface area contributed by atoms with E-state index in [4.69, 9.17) is 5.11 Å². The molecule has 4 nitrogen and oxygen atoms in total. The molecule has 0 amide bonds. The number of nitrogens with one attached hydrogen (secondary N) is 1. The van der Waals surface area contributed by atoms with Crippen molar-refractivity contribution in [2.24, 2.45) is 5.92 Å². The number of carboxylic acids is 1. The van der Waals surface area contributed by atoms with Gasteiger partial charge in [0.05, 0.1) is 0 Å². The zero-order valence-electron chi connectivity index (χ0n) is 10.9. The van der Waals surface area contributed by atoms with E-state index in [1.54, 1.807) is 0 Å². The zero-order valence-corrected chi connectivity index (χ0v) is 10.9. The van der Waals surface area contributed by atoms with Gasteiger partial charge in [0.1, 0.15) is 0 Å². The molecule has 0 saturated carbocycles. The van der Waals surface area contributed by atoms with Crippen LogP contribution in [0.4, 0.5) is 0 Å². The summed E-state index contributed by atoms with van der Waals surface area (Å²) in [6, 6.07) is 0.382. The molecule has 0 aromatic heterocycles. The predicted octanol–water partition coefficient (Wildman–Crippen LogP) is 1.19. The summed E-state index contributed by atoms with van der Waals surface area (Å²) in [5.74, 6) is -0.354. The molecule has 0 radical (unpaired) electrons. The summed E-state index contributed by atoms with van der Waals surface area (Å²) in [6.07, 6.45) is 1.25. The summed E-state index contributed by atoms with van der Waals surface area (Å²) in [4.78, 5) is 12.6. The van der Waals surface area contributed by atoms with Gasteiger partial charge in [-0.25, -0.2) is 4.79 Å². The summed E-state index contributed by atoms with van der Waals surface area (Å²) < 4.78 is 0. The van der Waals surface area contributed by atoms with E-state index in [1.165, 1.54) is 6.08 Å². The Morgan fingerprint density at radius 2 is 2.00 bits per heavy atom. The maximum absolute atomic E-state index is 10.5. The number of hydrogen-bond acceptors (Lipinski definition) is 3. The smallest absolute Gasteiger partial charge is 0.328 e. The maximum atomic E-state index is 10.5. The molecule has 0 aliphatic rings. The van der Waals surface area contributed by atoms with Crippen LogP contribution < -0.4 is 5.32 Å². The topological polar surface area (TPSA) is 52.6 Å². The van der Waals surface area contributed by atoms with Crippen LogP contribution in [0.5, 0.6) is 0 Å². The molecule has 0 aromatic rings. The predicted molar refractivity (Wildman–Crippen MR) is 66.6 cm³/mol. The van der Waals surface area contributed by atoms with E-state index in [1.807, 2.05) is 21.0 Å². The van der Waals surface area contributed by atoms with E-state index in [2.05, 4.69) is 24.1 Å². The van der Waals surface area contributed by atoms with Crippen LogP contribution in [0.2, 0.25) is 0 Å². The first-order valence-corrected chi connectivity index (χ1v) is 5.61. The molecular weight excluding hydrogens is 204 g/mol.